The van der Waals surface area contributed by atoms with Crippen molar-refractivity contribution >= 4 is 23.4 Å². The molecule has 5 nitrogen and oxygen atoms in total. The number of amides is 2. The van der Waals surface area contributed by atoms with Gasteiger partial charge in [0, 0.05) is 18.1 Å². The summed E-state index contributed by atoms with van der Waals surface area (Å²) in [6.07, 6.45) is 0. The molecule has 0 radical (unpaired) electrons. The summed E-state index contributed by atoms with van der Waals surface area (Å²) in [4.78, 5) is 26.8. The second-order valence-electron chi connectivity index (χ2n) is 6.78. The minimum Gasteiger partial charge on any atom is -0.483 e. The largest absolute Gasteiger partial charge is 0.483 e. The molecule has 0 unspecified atom stereocenters. The van der Waals surface area contributed by atoms with E-state index in [0.29, 0.717) is 17.3 Å². The Balaban J connectivity index is 2.17. The third kappa shape index (κ3) is 5.99. The Morgan fingerprint density at radius 3 is 2.61 bits per heavy atom. The Bertz CT molecular complexity index is 838. The predicted octanol–water partition coefficient (Wildman–Crippen LogP) is 3.89. The van der Waals surface area contributed by atoms with Crippen LogP contribution in [0.2, 0.25) is 5.02 Å². The lowest BCUT2D eigenvalue weighted by molar-refractivity contribution is -0.142. The van der Waals surface area contributed by atoms with Crippen LogP contribution in [0.15, 0.2) is 42.5 Å². The molecule has 28 heavy (non-hydrogen) atoms. The predicted molar refractivity (Wildman–Crippen MR) is 112 cm³/mol. The summed E-state index contributed by atoms with van der Waals surface area (Å²) in [6, 6.07) is 12.5. The fourth-order valence-electron chi connectivity index (χ4n) is 2.82. The van der Waals surface area contributed by atoms with Crippen molar-refractivity contribution in [2.75, 3.05) is 13.2 Å². The molecule has 6 heteroatoms. The summed E-state index contributed by atoms with van der Waals surface area (Å²) in [5.74, 6) is 0.200. The molecular weight excluding hydrogens is 376 g/mol. The molecule has 0 saturated heterocycles. The second kappa shape index (κ2) is 10.1. The molecule has 0 heterocycles. The highest BCUT2D eigenvalue weighted by Crippen LogP contribution is 2.20. The molecule has 1 N–H and O–H groups in total. The maximum absolute atomic E-state index is 12.9. The molecule has 0 spiro atoms. The number of carbonyl (C=O) groups is 2. The smallest absolute Gasteiger partial charge is 0.261 e. The number of carbonyl (C=O) groups excluding carboxylic acids is 2. The molecule has 1 atom stereocenters. The maximum atomic E-state index is 12.9. The summed E-state index contributed by atoms with van der Waals surface area (Å²) >= 11 is 6.07. The number of nitrogens with one attached hydrogen (secondary N) is 1. The first-order valence-electron chi connectivity index (χ1n) is 9.33. The Morgan fingerprint density at radius 2 is 1.93 bits per heavy atom. The first-order chi connectivity index (χ1) is 13.3. The van der Waals surface area contributed by atoms with Crippen LogP contribution in [0.4, 0.5) is 0 Å². The van der Waals surface area contributed by atoms with E-state index in [4.69, 9.17) is 16.3 Å². The molecule has 0 aliphatic carbocycles. The van der Waals surface area contributed by atoms with Crippen molar-refractivity contribution < 1.29 is 14.3 Å². The van der Waals surface area contributed by atoms with E-state index in [2.05, 4.69) is 5.32 Å². The van der Waals surface area contributed by atoms with Crippen LogP contribution in [0.25, 0.3) is 0 Å². The molecule has 0 saturated carbocycles. The van der Waals surface area contributed by atoms with Crippen LogP contribution >= 0.6 is 11.6 Å². The van der Waals surface area contributed by atoms with Crippen molar-refractivity contribution in [3.05, 3.63) is 64.2 Å². The van der Waals surface area contributed by atoms with Gasteiger partial charge in [0.15, 0.2) is 6.61 Å². The zero-order valence-corrected chi connectivity index (χ0v) is 17.5. The SMILES string of the molecule is CCNC(=O)[C@@H](C)N(Cc1cccc(Cl)c1)C(=O)COc1cc(C)ccc1C. The van der Waals surface area contributed by atoms with Gasteiger partial charge in [0.2, 0.25) is 5.91 Å². The molecule has 0 bridgehead atoms. The molecular formula is C22H27ClN2O3. The van der Waals surface area contributed by atoms with Crippen LogP contribution in [0.3, 0.4) is 0 Å². The van der Waals surface area contributed by atoms with Gasteiger partial charge in [-0.2, -0.15) is 0 Å². The number of hydrogen-bond donors (Lipinski definition) is 1. The normalized spacial score (nSPS) is 11.6. The number of likely N-dealkylation sites (N-methyl/N-ethyl adjacent to an activating group) is 1. The molecule has 0 aliphatic rings. The quantitative estimate of drug-likeness (QED) is 0.728. The Kier molecular flexibility index (Phi) is 7.88. The molecule has 2 amide bonds. The fourth-order valence-corrected chi connectivity index (χ4v) is 3.03. The first kappa shape index (κ1) is 21.8. The number of hydrogen-bond acceptors (Lipinski definition) is 3. The molecule has 0 aromatic heterocycles. The zero-order chi connectivity index (χ0) is 20.7. The van der Waals surface area contributed by atoms with E-state index in [1.807, 2.05) is 51.1 Å². The van der Waals surface area contributed by atoms with Crippen LogP contribution in [0, 0.1) is 13.8 Å². The number of halogens is 1. The van der Waals surface area contributed by atoms with Crippen LogP contribution < -0.4 is 10.1 Å². The van der Waals surface area contributed by atoms with Crippen LogP contribution in [0.5, 0.6) is 5.75 Å². The van der Waals surface area contributed by atoms with Crippen molar-refractivity contribution in [2.24, 2.45) is 0 Å². The van der Waals surface area contributed by atoms with E-state index in [1.54, 1.807) is 19.1 Å². The van der Waals surface area contributed by atoms with Gasteiger partial charge in [0.1, 0.15) is 11.8 Å². The highest BCUT2D eigenvalue weighted by atomic mass is 35.5. The standard InChI is InChI=1S/C22H27ClN2O3/c1-5-24-22(27)17(4)25(13-18-7-6-8-19(23)12-18)21(26)14-28-20-11-15(2)9-10-16(20)3/h6-12,17H,5,13-14H2,1-4H3,(H,24,27)/t17-/m1/s1. The van der Waals surface area contributed by atoms with Gasteiger partial charge in [-0.15, -0.1) is 0 Å². The van der Waals surface area contributed by atoms with Gasteiger partial charge in [0.05, 0.1) is 0 Å². The van der Waals surface area contributed by atoms with E-state index >= 15 is 0 Å². The molecule has 0 fully saturated rings. The summed E-state index contributed by atoms with van der Waals surface area (Å²) in [5, 5.41) is 3.35. The third-order valence-electron chi connectivity index (χ3n) is 4.46. The first-order valence-corrected chi connectivity index (χ1v) is 9.71. The van der Waals surface area contributed by atoms with E-state index in [-0.39, 0.29) is 25.0 Å². The summed E-state index contributed by atoms with van der Waals surface area (Å²) in [7, 11) is 0. The molecule has 0 aliphatic heterocycles. The maximum Gasteiger partial charge on any atom is 0.261 e. The van der Waals surface area contributed by atoms with Gasteiger partial charge in [-0.25, -0.2) is 0 Å². The van der Waals surface area contributed by atoms with E-state index in [9.17, 15) is 9.59 Å². The molecule has 150 valence electrons. The zero-order valence-electron chi connectivity index (χ0n) is 16.8. The van der Waals surface area contributed by atoms with Crippen LogP contribution in [0.1, 0.15) is 30.5 Å². The summed E-state index contributed by atoms with van der Waals surface area (Å²) < 4.78 is 5.76. The topological polar surface area (TPSA) is 58.6 Å². The Labute approximate surface area is 171 Å². The van der Waals surface area contributed by atoms with Crippen LogP contribution in [-0.2, 0) is 16.1 Å². The average Bonchev–Trinajstić information content (AvgIpc) is 2.66. The van der Waals surface area contributed by atoms with Crippen molar-refractivity contribution in [2.45, 2.75) is 40.3 Å². The van der Waals surface area contributed by atoms with Crippen molar-refractivity contribution in [1.82, 2.24) is 10.2 Å². The van der Waals surface area contributed by atoms with Crippen molar-refractivity contribution in [1.29, 1.82) is 0 Å². The minimum atomic E-state index is -0.631. The number of rotatable bonds is 8. The lowest BCUT2D eigenvalue weighted by atomic mass is 10.1. The highest BCUT2D eigenvalue weighted by Gasteiger charge is 2.26. The van der Waals surface area contributed by atoms with E-state index < -0.39 is 6.04 Å². The Hall–Kier alpha value is -2.53. The van der Waals surface area contributed by atoms with Gasteiger partial charge in [0.25, 0.3) is 5.91 Å². The van der Waals surface area contributed by atoms with Crippen molar-refractivity contribution in [3.63, 3.8) is 0 Å². The highest BCUT2D eigenvalue weighted by molar-refractivity contribution is 6.30. The average molecular weight is 403 g/mol. The lowest BCUT2D eigenvalue weighted by Crippen LogP contribution is -2.49. The van der Waals surface area contributed by atoms with Gasteiger partial charge in [-0.3, -0.25) is 9.59 Å². The number of nitrogens with zero attached hydrogens (tertiary/aromatic N) is 1. The molecule has 2 rings (SSSR count). The summed E-state index contributed by atoms with van der Waals surface area (Å²) in [6.45, 7) is 8.09. The number of benzene rings is 2. The van der Waals surface area contributed by atoms with E-state index in [1.165, 1.54) is 4.90 Å². The van der Waals surface area contributed by atoms with Gasteiger partial charge in [-0.1, -0.05) is 35.9 Å². The third-order valence-corrected chi connectivity index (χ3v) is 4.69. The molecule has 2 aromatic rings. The van der Waals surface area contributed by atoms with Crippen LogP contribution in [-0.4, -0.2) is 35.9 Å². The monoisotopic (exact) mass is 402 g/mol. The van der Waals surface area contributed by atoms with Gasteiger partial charge in [-0.05, 0) is 62.6 Å². The van der Waals surface area contributed by atoms with Gasteiger partial charge >= 0.3 is 0 Å². The molecule has 2 aromatic carbocycles. The fraction of sp³-hybridized carbons (Fsp3) is 0.364. The van der Waals surface area contributed by atoms with Gasteiger partial charge < -0.3 is 15.0 Å². The Morgan fingerprint density at radius 1 is 1.18 bits per heavy atom. The van der Waals surface area contributed by atoms with E-state index in [0.717, 1.165) is 16.7 Å². The minimum absolute atomic E-state index is 0.144. The number of aryl methyl sites for hydroxylation is 2. The lowest BCUT2D eigenvalue weighted by Gasteiger charge is -2.28. The number of ether oxygens (including phenoxy) is 1. The second-order valence-corrected chi connectivity index (χ2v) is 7.22. The summed E-state index contributed by atoms with van der Waals surface area (Å²) in [5.41, 5.74) is 2.86. The van der Waals surface area contributed by atoms with Crippen molar-refractivity contribution in [3.8, 4) is 5.75 Å².